The lowest BCUT2D eigenvalue weighted by Crippen LogP contribution is -2.41. The molecule has 0 N–H and O–H groups in total. The van der Waals surface area contributed by atoms with Gasteiger partial charge in [0.1, 0.15) is 0 Å². The van der Waals surface area contributed by atoms with Gasteiger partial charge in [0.05, 0.1) is 23.0 Å². The number of thiophene rings is 2. The Balaban J connectivity index is 1.62. The van der Waals surface area contributed by atoms with Gasteiger partial charge in [0.15, 0.2) is 0 Å². The van der Waals surface area contributed by atoms with Crippen LogP contribution in [0.25, 0.3) is 10.4 Å². The van der Waals surface area contributed by atoms with Gasteiger partial charge in [-0.2, -0.15) is 0 Å². The van der Waals surface area contributed by atoms with Gasteiger partial charge in [-0.15, -0.1) is 34.4 Å². The second-order valence-electron chi connectivity index (χ2n) is 6.28. The summed E-state index contributed by atoms with van der Waals surface area (Å²) in [7, 11) is 0. The summed E-state index contributed by atoms with van der Waals surface area (Å²) in [4.78, 5) is 5.08. The molecule has 2 aliphatic heterocycles. The van der Waals surface area contributed by atoms with Gasteiger partial charge in [0, 0.05) is 9.77 Å². The zero-order valence-electron chi connectivity index (χ0n) is 13.9. The smallest absolute Gasteiger partial charge is 0.241 e. The molecule has 0 bridgehead atoms. The number of hydrogen-bond acceptors (Lipinski definition) is 5. The van der Waals surface area contributed by atoms with Crippen LogP contribution < -0.4 is 0 Å². The molecule has 1 atom stereocenters. The summed E-state index contributed by atoms with van der Waals surface area (Å²) in [6, 6.07) is 13.4. The summed E-state index contributed by atoms with van der Waals surface area (Å²) in [6.07, 6.45) is 4.05. The molecule has 5 heteroatoms. The van der Waals surface area contributed by atoms with E-state index in [4.69, 9.17) is 9.47 Å². The van der Waals surface area contributed by atoms with Crippen LogP contribution in [0.2, 0.25) is 0 Å². The fourth-order valence-corrected chi connectivity index (χ4v) is 6.49. The normalized spacial score (nSPS) is 22.0. The van der Waals surface area contributed by atoms with Crippen LogP contribution in [0, 0.1) is 0 Å². The Bertz CT molecular complexity index is 905. The number of hydrogen-bond donors (Lipinski definition) is 0. The van der Waals surface area contributed by atoms with E-state index >= 15 is 0 Å². The van der Waals surface area contributed by atoms with Crippen molar-refractivity contribution in [3.8, 4) is 10.4 Å². The van der Waals surface area contributed by atoms with Crippen molar-refractivity contribution in [2.45, 2.75) is 23.5 Å². The fraction of sp³-hybridized carbons (Fsp3) is 0.300. The Morgan fingerprint density at radius 3 is 2.48 bits per heavy atom. The molecule has 0 saturated heterocycles. The third kappa shape index (κ3) is 2.53. The number of fused-ring (bicyclic) bond motifs is 4. The van der Waals surface area contributed by atoms with Gasteiger partial charge in [-0.25, -0.2) is 0 Å². The molecule has 1 unspecified atom stereocenters. The molecule has 0 fully saturated rings. The minimum absolute atomic E-state index is 0.669. The van der Waals surface area contributed by atoms with Crippen LogP contribution in [-0.4, -0.2) is 19.5 Å². The molecular formula is C20H18O2S3. The van der Waals surface area contributed by atoms with Gasteiger partial charge in [-0.1, -0.05) is 12.1 Å². The summed E-state index contributed by atoms with van der Waals surface area (Å²) in [5.74, 6) is -0.669. The molecule has 5 rings (SSSR count). The van der Waals surface area contributed by atoms with Crippen molar-refractivity contribution in [1.82, 2.24) is 0 Å². The second-order valence-corrected chi connectivity index (χ2v) is 9.13. The predicted octanol–water partition coefficient (Wildman–Crippen LogP) is 5.55. The Morgan fingerprint density at radius 2 is 1.72 bits per heavy atom. The highest BCUT2D eigenvalue weighted by Gasteiger charge is 2.47. The molecule has 1 aromatic carbocycles. The van der Waals surface area contributed by atoms with E-state index in [0.29, 0.717) is 6.61 Å². The van der Waals surface area contributed by atoms with Crippen LogP contribution >= 0.6 is 34.4 Å². The van der Waals surface area contributed by atoms with Gasteiger partial charge in [-0.3, -0.25) is 0 Å². The average molecular weight is 387 g/mol. The van der Waals surface area contributed by atoms with Crippen molar-refractivity contribution in [3.63, 3.8) is 0 Å². The Hall–Kier alpha value is -1.11. The van der Waals surface area contributed by atoms with Crippen molar-refractivity contribution in [2.75, 3.05) is 19.5 Å². The SMILES string of the molecule is CSc1ccc(-c2cc3c(s2)C2(OCCc4ccsc42)OCC3)cc1. The maximum absolute atomic E-state index is 6.30. The van der Waals surface area contributed by atoms with Crippen LogP contribution in [0.1, 0.15) is 20.9 Å². The van der Waals surface area contributed by atoms with Gasteiger partial charge in [-0.05, 0) is 65.4 Å². The molecule has 2 aromatic heterocycles. The van der Waals surface area contributed by atoms with Gasteiger partial charge < -0.3 is 9.47 Å². The second kappa shape index (κ2) is 6.25. The van der Waals surface area contributed by atoms with Crippen LogP contribution in [-0.2, 0) is 28.1 Å². The number of benzene rings is 1. The molecule has 4 heterocycles. The minimum atomic E-state index is -0.669. The molecule has 0 saturated carbocycles. The number of rotatable bonds is 2. The highest BCUT2D eigenvalue weighted by Crippen LogP contribution is 2.50. The maximum atomic E-state index is 6.30. The molecule has 2 nitrogen and oxygen atoms in total. The zero-order valence-corrected chi connectivity index (χ0v) is 16.4. The molecule has 3 aromatic rings. The highest BCUT2D eigenvalue weighted by molar-refractivity contribution is 7.98. The number of ether oxygens (including phenoxy) is 2. The first-order valence-electron chi connectivity index (χ1n) is 8.42. The molecule has 25 heavy (non-hydrogen) atoms. The Labute approximate surface area is 159 Å². The first-order valence-corrected chi connectivity index (χ1v) is 11.3. The van der Waals surface area contributed by atoms with E-state index in [1.165, 1.54) is 36.2 Å². The summed E-state index contributed by atoms with van der Waals surface area (Å²) < 4.78 is 12.6. The van der Waals surface area contributed by atoms with Gasteiger partial charge >= 0.3 is 0 Å². The standard InChI is InChI=1S/C20H18O2S3/c1-23-16-4-2-13(3-5-16)17-12-15-7-10-22-20(19(15)25-17)18-14(6-9-21-20)8-11-24-18/h2-5,8,11-12H,6-7,9-10H2,1H3. The van der Waals surface area contributed by atoms with Crippen molar-refractivity contribution in [2.24, 2.45) is 0 Å². The summed E-state index contributed by atoms with van der Waals surface area (Å²) in [5.41, 5.74) is 4.03. The zero-order chi connectivity index (χ0) is 16.9. The van der Waals surface area contributed by atoms with E-state index < -0.39 is 5.79 Å². The van der Waals surface area contributed by atoms with E-state index in [1.807, 2.05) is 11.3 Å². The van der Waals surface area contributed by atoms with Crippen LogP contribution in [0.5, 0.6) is 0 Å². The lowest BCUT2D eigenvalue weighted by atomic mass is 9.97. The molecule has 128 valence electrons. The molecule has 2 aliphatic rings. The van der Waals surface area contributed by atoms with E-state index in [1.54, 1.807) is 23.1 Å². The summed E-state index contributed by atoms with van der Waals surface area (Å²) >= 11 is 5.36. The van der Waals surface area contributed by atoms with E-state index in [2.05, 4.69) is 48.0 Å². The largest absolute Gasteiger partial charge is 0.341 e. The van der Waals surface area contributed by atoms with E-state index in [0.717, 1.165) is 19.4 Å². The first kappa shape index (κ1) is 16.1. The number of thioether (sulfide) groups is 1. The topological polar surface area (TPSA) is 18.5 Å². The third-order valence-corrected chi connectivity index (χ3v) is 7.97. The lowest BCUT2D eigenvalue weighted by molar-refractivity contribution is -0.225. The van der Waals surface area contributed by atoms with Gasteiger partial charge in [0.2, 0.25) is 5.79 Å². The molecule has 0 radical (unpaired) electrons. The molecule has 1 spiro atoms. The maximum Gasteiger partial charge on any atom is 0.241 e. The minimum Gasteiger partial charge on any atom is -0.341 e. The van der Waals surface area contributed by atoms with Crippen LogP contribution in [0.4, 0.5) is 0 Å². The van der Waals surface area contributed by atoms with Crippen molar-refractivity contribution >= 4 is 34.4 Å². The monoisotopic (exact) mass is 386 g/mol. The highest BCUT2D eigenvalue weighted by atomic mass is 32.2. The van der Waals surface area contributed by atoms with Crippen molar-refractivity contribution in [3.05, 3.63) is 62.7 Å². The van der Waals surface area contributed by atoms with Crippen LogP contribution in [0.3, 0.4) is 0 Å². The lowest BCUT2D eigenvalue weighted by Gasteiger charge is -2.39. The Morgan fingerprint density at radius 1 is 0.960 bits per heavy atom. The average Bonchev–Trinajstić information content (AvgIpc) is 3.30. The van der Waals surface area contributed by atoms with Crippen LogP contribution in [0.15, 0.2) is 46.7 Å². The first-order chi connectivity index (χ1) is 12.3. The summed E-state index contributed by atoms with van der Waals surface area (Å²) in [5, 5.41) is 2.16. The molecule has 0 amide bonds. The fourth-order valence-electron chi connectivity index (χ4n) is 3.63. The Kier molecular flexibility index (Phi) is 4.02. The molecular weight excluding hydrogens is 368 g/mol. The quantitative estimate of drug-likeness (QED) is 0.538. The van der Waals surface area contributed by atoms with Crippen molar-refractivity contribution < 1.29 is 9.47 Å². The van der Waals surface area contributed by atoms with E-state index in [-0.39, 0.29) is 0 Å². The molecule has 0 aliphatic carbocycles. The van der Waals surface area contributed by atoms with Gasteiger partial charge in [0.25, 0.3) is 0 Å². The van der Waals surface area contributed by atoms with Crippen molar-refractivity contribution in [1.29, 1.82) is 0 Å². The summed E-state index contributed by atoms with van der Waals surface area (Å²) in [6.45, 7) is 1.44. The predicted molar refractivity (Wildman–Crippen MR) is 106 cm³/mol. The third-order valence-electron chi connectivity index (χ3n) is 4.88. The van der Waals surface area contributed by atoms with E-state index in [9.17, 15) is 0 Å².